The van der Waals surface area contributed by atoms with Crippen molar-refractivity contribution in [3.05, 3.63) is 65.6 Å². The summed E-state index contributed by atoms with van der Waals surface area (Å²) in [6, 6.07) is 14.0. The second-order valence-electron chi connectivity index (χ2n) is 6.54. The van der Waals surface area contributed by atoms with Gasteiger partial charge in [-0.3, -0.25) is 0 Å². The molecule has 0 saturated heterocycles. The molecule has 0 unspecified atom stereocenters. The van der Waals surface area contributed by atoms with E-state index >= 15 is 0 Å². The zero-order chi connectivity index (χ0) is 19.8. The van der Waals surface area contributed by atoms with Crippen molar-refractivity contribution >= 4 is 0 Å². The molecule has 1 atom stereocenters. The lowest BCUT2D eigenvalue weighted by Crippen LogP contribution is -2.22. The number of benzene rings is 2. The molecule has 0 aliphatic carbocycles. The van der Waals surface area contributed by atoms with E-state index in [1.54, 1.807) is 30.0 Å². The fourth-order valence-electron chi connectivity index (χ4n) is 3.27. The highest BCUT2D eigenvalue weighted by Crippen LogP contribution is 2.31. The fourth-order valence-corrected chi connectivity index (χ4v) is 3.27. The van der Waals surface area contributed by atoms with Gasteiger partial charge < -0.3 is 14.0 Å². The molecule has 1 aliphatic heterocycles. The maximum Gasteiger partial charge on any atom is 0.280 e. The third-order valence-electron chi connectivity index (χ3n) is 4.83. The highest BCUT2D eigenvalue weighted by Gasteiger charge is 2.28. The van der Waals surface area contributed by atoms with Gasteiger partial charge in [-0.1, -0.05) is 34.6 Å². The van der Waals surface area contributed by atoms with Crippen LogP contribution in [0.2, 0.25) is 0 Å². The van der Waals surface area contributed by atoms with Crippen molar-refractivity contribution in [3.8, 4) is 28.7 Å². The van der Waals surface area contributed by atoms with Crippen molar-refractivity contribution in [3.63, 3.8) is 0 Å². The SMILES string of the molecule is COc1ccc([C@H]2Cn3nnc(-c4nc(-c5ccccc5F)no4)c3CO2)cc1. The molecule has 0 N–H and O–H groups in total. The third kappa shape index (κ3) is 3.15. The number of ether oxygens (including phenoxy) is 2. The second-order valence-corrected chi connectivity index (χ2v) is 6.54. The molecule has 0 radical (unpaired) electrons. The molecule has 8 nitrogen and oxygen atoms in total. The summed E-state index contributed by atoms with van der Waals surface area (Å²) >= 11 is 0. The Hall–Kier alpha value is -3.59. The molecule has 0 fully saturated rings. The Morgan fingerprint density at radius 1 is 1.14 bits per heavy atom. The van der Waals surface area contributed by atoms with Gasteiger partial charge in [0.15, 0.2) is 5.69 Å². The molecule has 0 bridgehead atoms. The summed E-state index contributed by atoms with van der Waals surface area (Å²) in [7, 11) is 1.63. The quantitative estimate of drug-likeness (QED) is 0.525. The first-order valence-corrected chi connectivity index (χ1v) is 9.00. The van der Waals surface area contributed by atoms with Gasteiger partial charge in [-0.15, -0.1) is 5.10 Å². The van der Waals surface area contributed by atoms with Crippen LogP contribution < -0.4 is 4.74 Å². The van der Waals surface area contributed by atoms with Crippen LogP contribution in [0, 0.1) is 5.82 Å². The Balaban J connectivity index is 1.40. The molecule has 0 amide bonds. The third-order valence-corrected chi connectivity index (χ3v) is 4.83. The Kier molecular flexibility index (Phi) is 4.28. The van der Waals surface area contributed by atoms with Gasteiger partial charge >= 0.3 is 0 Å². The molecule has 0 spiro atoms. The first-order valence-electron chi connectivity index (χ1n) is 9.00. The molecular weight excluding hydrogens is 377 g/mol. The number of nitrogens with zero attached hydrogens (tertiary/aromatic N) is 5. The highest BCUT2D eigenvalue weighted by atomic mass is 19.1. The molecule has 2 aromatic carbocycles. The van der Waals surface area contributed by atoms with E-state index in [0.29, 0.717) is 12.2 Å². The van der Waals surface area contributed by atoms with E-state index in [1.807, 2.05) is 24.3 Å². The van der Waals surface area contributed by atoms with Crippen molar-refractivity contribution in [2.75, 3.05) is 7.11 Å². The number of hydrogen-bond acceptors (Lipinski definition) is 7. The Bertz CT molecular complexity index is 1160. The van der Waals surface area contributed by atoms with Gasteiger partial charge in [0.2, 0.25) is 5.82 Å². The highest BCUT2D eigenvalue weighted by molar-refractivity contribution is 5.59. The molecule has 1 aliphatic rings. The van der Waals surface area contributed by atoms with Crippen LogP contribution in [0.5, 0.6) is 5.75 Å². The summed E-state index contributed by atoms with van der Waals surface area (Å²) in [6.07, 6.45) is -0.153. The van der Waals surface area contributed by atoms with E-state index < -0.39 is 5.82 Å². The molecule has 0 saturated carbocycles. The first kappa shape index (κ1) is 17.5. The Morgan fingerprint density at radius 3 is 2.76 bits per heavy atom. The van der Waals surface area contributed by atoms with Crippen molar-refractivity contribution in [2.24, 2.45) is 0 Å². The van der Waals surface area contributed by atoms with E-state index in [1.165, 1.54) is 6.07 Å². The van der Waals surface area contributed by atoms with E-state index in [9.17, 15) is 4.39 Å². The van der Waals surface area contributed by atoms with Crippen molar-refractivity contribution in [1.29, 1.82) is 0 Å². The average molecular weight is 393 g/mol. The van der Waals surface area contributed by atoms with E-state index in [0.717, 1.165) is 17.0 Å². The average Bonchev–Trinajstić information content (AvgIpc) is 3.40. The maximum absolute atomic E-state index is 14.0. The van der Waals surface area contributed by atoms with E-state index in [4.69, 9.17) is 14.0 Å². The molecule has 9 heteroatoms. The minimum atomic E-state index is -0.421. The number of aromatic nitrogens is 5. The lowest BCUT2D eigenvalue weighted by atomic mass is 10.1. The zero-order valence-electron chi connectivity index (χ0n) is 15.4. The molecule has 146 valence electrons. The van der Waals surface area contributed by atoms with Crippen LogP contribution in [-0.2, 0) is 17.9 Å². The normalized spacial score (nSPS) is 15.9. The van der Waals surface area contributed by atoms with Crippen LogP contribution in [0.1, 0.15) is 17.4 Å². The molecule has 5 rings (SSSR count). The Labute approximate surface area is 164 Å². The van der Waals surface area contributed by atoms with Gasteiger partial charge in [-0.25, -0.2) is 9.07 Å². The summed E-state index contributed by atoms with van der Waals surface area (Å²) in [5.41, 5.74) is 2.46. The van der Waals surface area contributed by atoms with Crippen LogP contribution in [0.3, 0.4) is 0 Å². The molecule has 2 aromatic heterocycles. The smallest absolute Gasteiger partial charge is 0.280 e. The largest absolute Gasteiger partial charge is 0.497 e. The summed E-state index contributed by atoms with van der Waals surface area (Å²) in [4.78, 5) is 4.29. The second kappa shape index (κ2) is 7.10. The molecular formula is C20H16FN5O3. The molecule has 4 aromatic rings. The van der Waals surface area contributed by atoms with Crippen LogP contribution in [0.15, 0.2) is 53.1 Å². The summed E-state index contributed by atoms with van der Waals surface area (Å²) in [5.74, 6) is 0.703. The summed E-state index contributed by atoms with van der Waals surface area (Å²) in [5, 5.41) is 12.3. The van der Waals surface area contributed by atoms with E-state index in [2.05, 4.69) is 20.5 Å². The van der Waals surface area contributed by atoms with Gasteiger partial charge in [0, 0.05) is 0 Å². The van der Waals surface area contributed by atoms with Gasteiger partial charge in [0.05, 0.1) is 31.5 Å². The Morgan fingerprint density at radius 2 is 1.97 bits per heavy atom. The minimum absolute atomic E-state index is 0.153. The van der Waals surface area contributed by atoms with Crippen molar-refractivity contribution in [2.45, 2.75) is 19.3 Å². The lowest BCUT2D eigenvalue weighted by Gasteiger charge is -2.24. The van der Waals surface area contributed by atoms with Crippen LogP contribution in [0.25, 0.3) is 23.0 Å². The standard InChI is InChI=1S/C20H16FN5O3/c1-27-13-8-6-12(7-9-13)17-10-26-16(11-28-17)18(23-25-26)20-22-19(24-29-20)14-4-2-3-5-15(14)21/h2-9,17H,10-11H2,1H3/t17-/m1/s1. The van der Waals surface area contributed by atoms with Crippen LogP contribution in [-0.4, -0.2) is 32.2 Å². The predicted octanol–water partition coefficient (Wildman–Crippen LogP) is 3.41. The van der Waals surface area contributed by atoms with Gasteiger partial charge in [-0.2, -0.15) is 4.98 Å². The van der Waals surface area contributed by atoms with Crippen molar-refractivity contribution in [1.82, 2.24) is 25.1 Å². The number of methoxy groups -OCH3 is 1. The maximum atomic E-state index is 14.0. The number of halogens is 1. The minimum Gasteiger partial charge on any atom is -0.497 e. The van der Waals surface area contributed by atoms with Gasteiger partial charge in [0.1, 0.15) is 17.7 Å². The molecule has 3 heterocycles. The van der Waals surface area contributed by atoms with Crippen molar-refractivity contribution < 1.29 is 18.4 Å². The monoisotopic (exact) mass is 393 g/mol. The first-order chi connectivity index (χ1) is 14.2. The van der Waals surface area contributed by atoms with Crippen LogP contribution in [0.4, 0.5) is 4.39 Å². The number of hydrogen-bond donors (Lipinski definition) is 0. The van der Waals surface area contributed by atoms with Gasteiger partial charge in [0.25, 0.3) is 5.89 Å². The summed E-state index contributed by atoms with van der Waals surface area (Å²) < 4.78 is 32.2. The van der Waals surface area contributed by atoms with Gasteiger partial charge in [-0.05, 0) is 29.8 Å². The number of rotatable bonds is 4. The zero-order valence-corrected chi connectivity index (χ0v) is 15.4. The molecule has 29 heavy (non-hydrogen) atoms. The van der Waals surface area contributed by atoms with Crippen LogP contribution >= 0.6 is 0 Å². The van der Waals surface area contributed by atoms with E-state index in [-0.39, 0.29) is 30.0 Å². The fraction of sp³-hybridized carbons (Fsp3) is 0.200. The predicted molar refractivity (Wildman–Crippen MR) is 99.2 cm³/mol. The topological polar surface area (TPSA) is 88.1 Å². The summed E-state index contributed by atoms with van der Waals surface area (Å²) in [6.45, 7) is 0.791. The lowest BCUT2D eigenvalue weighted by molar-refractivity contribution is -0.00119. The number of fused-ring (bicyclic) bond motifs is 1.